The fourth-order valence-corrected chi connectivity index (χ4v) is 3.70. The van der Waals surface area contributed by atoms with Crippen molar-refractivity contribution in [2.45, 2.75) is 57.6 Å². The average molecular weight is 417 g/mol. The molecule has 164 valence electrons. The van der Waals surface area contributed by atoms with Gasteiger partial charge in [0.15, 0.2) is 5.96 Å². The van der Waals surface area contributed by atoms with E-state index in [1.54, 1.807) is 23.9 Å². The number of nitrogens with two attached hydrogens (primary N) is 1. The molecule has 0 atom stereocenters. The third-order valence-electron chi connectivity index (χ3n) is 5.44. The summed E-state index contributed by atoms with van der Waals surface area (Å²) in [5.41, 5.74) is 7.78. The molecule has 1 saturated carbocycles. The standard InChI is InChI=1S/C22H32N4O4/c1-25(2)20(27)9-6-12-29-18-10-11-19-16(13-18)14-26(22(23)24-19)15-21(28)30-17-7-4-3-5-8-17/h10-11,13,17H,3-9,12,14-15H2,1-2H3,(H2,23,24). The van der Waals surface area contributed by atoms with Crippen LogP contribution in [0.4, 0.5) is 5.69 Å². The Morgan fingerprint density at radius 3 is 2.73 bits per heavy atom. The van der Waals surface area contributed by atoms with Gasteiger partial charge in [-0.25, -0.2) is 4.99 Å². The number of guanidine groups is 1. The van der Waals surface area contributed by atoms with E-state index in [0.717, 1.165) is 36.9 Å². The number of amides is 1. The van der Waals surface area contributed by atoms with Crippen LogP contribution in [-0.2, 0) is 20.9 Å². The van der Waals surface area contributed by atoms with Gasteiger partial charge >= 0.3 is 5.97 Å². The van der Waals surface area contributed by atoms with Gasteiger partial charge in [-0.15, -0.1) is 0 Å². The van der Waals surface area contributed by atoms with Gasteiger partial charge in [-0.1, -0.05) is 6.42 Å². The molecule has 0 spiro atoms. The predicted octanol–water partition coefficient (Wildman–Crippen LogP) is 2.57. The van der Waals surface area contributed by atoms with Crippen LogP contribution in [0.15, 0.2) is 23.2 Å². The van der Waals surface area contributed by atoms with Crippen LogP contribution in [0.1, 0.15) is 50.5 Å². The molecular formula is C22H32N4O4. The Bertz CT molecular complexity index is 787. The smallest absolute Gasteiger partial charge is 0.325 e. The van der Waals surface area contributed by atoms with Crippen LogP contribution >= 0.6 is 0 Å². The Hall–Kier alpha value is -2.77. The van der Waals surface area contributed by atoms with Crippen LogP contribution in [0.3, 0.4) is 0 Å². The molecule has 8 heteroatoms. The molecule has 1 aliphatic heterocycles. The molecule has 2 N–H and O–H groups in total. The first kappa shape index (κ1) is 21.9. The Morgan fingerprint density at radius 2 is 2.00 bits per heavy atom. The van der Waals surface area contributed by atoms with E-state index < -0.39 is 0 Å². The second-order valence-corrected chi connectivity index (χ2v) is 8.11. The summed E-state index contributed by atoms with van der Waals surface area (Å²) in [7, 11) is 3.49. The van der Waals surface area contributed by atoms with E-state index in [0.29, 0.717) is 37.7 Å². The normalized spacial score (nSPS) is 16.5. The number of benzene rings is 1. The molecule has 1 aromatic rings. The summed E-state index contributed by atoms with van der Waals surface area (Å²) in [5.74, 6) is 0.858. The summed E-state index contributed by atoms with van der Waals surface area (Å²) >= 11 is 0. The van der Waals surface area contributed by atoms with Gasteiger partial charge in [0.2, 0.25) is 5.91 Å². The maximum absolute atomic E-state index is 12.4. The third-order valence-corrected chi connectivity index (χ3v) is 5.44. The third kappa shape index (κ3) is 6.11. The molecule has 1 amide bonds. The lowest BCUT2D eigenvalue weighted by atomic mass is 9.98. The first-order chi connectivity index (χ1) is 14.4. The van der Waals surface area contributed by atoms with Gasteiger partial charge in [-0.2, -0.15) is 0 Å². The number of rotatable bonds is 8. The van der Waals surface area contributed by atoms with Crippen LogP contribution in [-0.4, -0.2) is 61.0 Å². The lowest BCUT2D eigenvalue weighted by Crippen LogP contribution is -2.42. The van der Waals surface area contributed by atoms with Crippen molar-refractivity contribution in [2.75, 3.05) is 27.2 Å². The second kappa shape index (κ2) is 10.3. The number of carbonyl (C=O) groups is 2. The highest BCUT2D eigenvalue weighted by Crippen LogP contribution is 2.29. The van der Waals surface area contributed by atoms with Crippen molar-refractivity contribution in [3.05, 3.63) is 23.8 Å². The molecule has 1 heterocycles. The summed E-state index contributed by atoms with van der Waals surface area (Å²) in [6, 6.07) is 5.62. The number of ether oxygens (including phenoxy) is 2. The number of hydrogen-bond acceptors (Lipinski definition) is 7. The first-order valence-corrected chi connectivity index (χ1v) is 10.7. The van der Waals surface area contributed by atoms with Gasteiger partial charge in [0.25, 0.3) is 0 Å². The van der Waals surface area contributed by atoms with E-state index in [1.165, 1.54) is 6.42 Å². The molecule has 3 rings (SSSR count). The fraction of sp³-hybridized carbons (Fsp3) is 0.591. The van der Waals surface area contributed by atoms with Crippen molar-refractivity contribution in [3.63, 3.8) is 0 Å². The fourth-order valence-electron chi connectivity index (χ4n) is 3.70. The molecule has 30 heavy (non-hydrogen) atoms. The molecule has 0 radical (unpaired) electrons. The lowest BCUT2D eigenvalue weighted by molar-refractivity contribution is -0.151. The van der Waals surface area contributed by atoms with E-state index >= 15 is 0 Å². The van der Waals surface area contributed by atoms with Crippen LogP contribution in [0.5, 0.6) is 5.75 Å². The summed E-state index contributed by atoms with van der Waals surface area (Å²) in [5, 5.41) is 0. The number of nitrogens with zero attached hydrogens (tertiary/aromatic N) is 3. The molecule has 1 aromatic carbocycles. The zero-order chi connectivity index (χ0) is 21.5. The largest absolute Gasteiger partial charge is 0.494 e. The maximum atomic E-state index is 12.4. The van der Waals surface area contributed by atoms with Gasteiger partial charge in [-0.3, -0.25) is 9.59 Å². The molecule has 0 unspecified atom stereocenters. The Kier molecular flexibility index (Phi) is 7.54. The average Bonchev–Trinajstić information content (AvgIpc) is 2.72. The quantitative estimate of drug-likeness (QED) is 0.517. The summed E-state index contributed by atoms with van der Waals surface area (Å²) < 4.78 is 11.4. The zero-order valence-corrected chi connectivity index (χ0v) is 17.9. The minimum Gasteiger partial charge on any atom is -0.494 e. The van der Waals surface area contributed by atoms with E-state index in [2.05, 4.69) is 4.99 Å². The summed E-state index contributed by atoms with van der Waals surface area (Å²) in [4.78, 5) is 31.7. The van der Waals surface area contributed by atoms with Gasteiger partial charge < -0.3 is 25.0 Å². The number of fused-ring (bicyclic) bond motifs is 1. The predicted molar refractivity (Wildman–Crippen MR) is 115 cm³/mol. The highest BCUT2D eigenvalue weighted by molar-refractivity contribution is 5.87. The van der Waals surface area contributed by atoms with Crippen LogP contribution in [0.25, 0.3) is 0 Å². The van der Waals surface area contributed by atoms with E-state index in [1.807, 2.05) is 18.2 Å². The Morgan fingerprint density at radius 1 is 1.23 bits per heavy atom. The number of aliphatic imine (C=N–C) groups is 1. The van der Waals surface area contributed by atoms with E-state index in [9.17, 15) is 9.59 Å². The summed E-state index contributed by atoms with van der Waals surface area (Å²) in [6.07, 6.45) is 6.47. The number of hydrogen-bond donors (Lipinski definition) is 1. The monoisotopic (exact) mass is 416 g/mol. The Balaban J connectivity index is 1.52. The molecule has 8 nitrogen and oxygen atoms in total. The van der Waals surface area contributed by atoms with Crippen molar-refractivity contribution in [1.82, 2.24) is 9.80 Å². The lowest BCUT2D eigenvalue weighted by Gasteiger charge is -2.29. The van der Waals surface area contributed by atoms with Crippen LogP contribution in [0.2, 0.25) is 0 Å². The molecule has 0 bridgehead atoms. The highest BCUT2D eigenvalue weighted by Gasteiger charge is 2.23. The highest BCUT2D eigenvalue weighted by atomic mass is 16.5. The summed E-state index contributed by atoms with van der Waals surface area (Å²) in [6.45, 7) is 1.02. The number of esters is 1. The maximum Gasteiger partial charge on any atom is 0.325 e. The number of carbonyl (C=O) groups excluding carboxylic acids is 2. The Labute approximate surface area is 178 Å². The second-order valence-electron chi connectivity index (χ2n) is 8.11. The molecule has 1 fully saturated rings. The SMILES string of the molecule is CN(C)C(=O)CCCOc1ccc2c(c1)CN(CC(=O)OC1CCCCC1)C(N)=N2. The topological polar surface area (TPSA) is 97.5 Å². The van der Waals surface area contributed by atoms with Crippen molar-refractivity contribution < 1.29 is 19.1 Å². The molecule has 1 aliphatic carbocycles. The van der Waals surface area contributed by atoms with Gasteiger partial charge in [-0.05, 0) is 50.3 Å². The van der Waals surface area contributed by atoms with Crippen molar-refractivity contribution in [2.24, 2.45) is 10.7 Å². The van der Waals surface area contributed by atoms with Gasteiger partial charge in [0.05, 0.1) is 12.3 Å². The van der Waals surface area contributed by atoms with E-state index in [-0.39, 0.29) is 24.5 Å². The van der Waals surface area contributed by atoms with Gasteiger partial charge in [0, 0.05) is 32.6 Å². The van der Waals surface area contributed by atoms with Crippen molar-refractivity contribution in [3.8, 4) is 5.75 Å². The molecule has 2 aliphatic rings. The van der Waals surface area contributed by atoms with Gasteiger partial charge in [0.1, 0.15) is 18.4 Å². The minimum absolute atomic E-state index is 0.0286. The first-order valence-electron chi connectivity index (χ1n) is 10.7. The minimum atomic E-state index is -0.263. The molecular weight excluding hydrogens is 384 g/mol. The van der Waals surface area contributed by atoms with Crippen molar-refractivity contribution in [1.29, 1.82) is 0 Å². The zero-order valence-electron chi connectivity index (χ0n) is 17.9. The molecule has 0 aromatic heterocycles. The van der Waals surface area contributed by atoms with Crippen molar-refractivity contribution >= 4 is 23.5 Å². The molecule has 0 saturated heterocycles. The van der Waals surface area contributed by atoms with E-state index in [4.69, 9.17) is 15.2 Å². The van der Waals surface area contributed by atoms with Crippen LogP contribution < -0.4 is 10.5 Å². The van der Waals surface area contributed by atoms with Crippen LogP contribution in [0, 0.1) is 0 Å².